The number of hydrogen-bond donors (Lipinski definition) is 1. The van der Waals surface area contributed by atoms with Gasteiger partial charge < -0.3 is 19.5 Å². The van der Waals surface area contributed by atoms with Crippen molar-refractivity contribution < 1.29 is 19.4 Å². The minimum Gasteiger partial charge on any atom is -0.482 e. The second kappa shape index (κ2) is 16.9. The van der Waals surface area contributed by atoms with E-state index in [1.165, 1.54) is 63.4 Å². The van der Waals surface area contributed by atoms with Crippen LogP contribution in [0.15, 0.2) is 47.1 Å². The summed E-state index contributed by atoms with van der Waals surface area (Å²) in [4.78, 5) is 13.2. The topological polar surface area (TPSA) is 59.0 Å². The number of ether oxygens (including phenoxy) is 2. The summed E-state index contributed by atoms with van der Waals surface area (Å²) < 4.78 is 10.2. The summed E-state index contributed by atoms with van der Waals surface area (Å²) in [6.45, 7) is 20.6. The molecule has 49 heavy (non-hydrogen) atoms. The Balaban J connectivity index is 0.000000309. The highest BCUT2D eigenvalue weighted by atomic mass is 35.5. The van der Waals surface area contributed by atoms with E-state index in [0.717, 1.165) is 18.3 Å². The zero-order valence-electron chi connectivity index (χ0n) is 32.3. The van der Waals surface area contributed by atoms with Crippen LogP contribution in [0.1, 0.15) is 120 Å². The molecule has 0 bridgehead atoms. The van der Waals surface area contributed by atoms with Gasteiger partial charge in [-0.3, -0.25) is 0 Å². The Kier molecular flexibility index (Phi) is 14.4. The van der Waals surface area contributed by atoms with Crippen molar-refractivity contribution in [2.24, 2.45) is 39.4 Å². The van der Waals surface area contributed by atoms with Gasteiger partial charge in [-0.05, 0) is 156 Å². The maximum atomic E-state index is 11.3. The molecule has 5 nitrogen and oxygen atoms in total. The minimum absolute atomic E-state index is 0. The first kappa shape index (κ1) is 41.9. The van der Waals surface area contributed by atoms with Crippen LogP contribution in [-0.4, -0.2) is 55.9 Å². The number of aliphatic hydroxyl groups is 1. The van der Waals surface area contributed by atoms with Crippen LogP contribution in [-0.2, 0) is 9.53 Å². The lowest BCUT2D eigenvalue weighted by molar-refractivity contribution is -0.146. The van der Waals surface area contributed by atoms with Gasteiger partial charge in [0.15, 0.2) is 6.61 Å². The Morgan fingerprint density at radius 3 is 2.31 bits per heavy atom. The lowest BCUT2D eigenvalue weighted by atomic mass is 9.43. The van der Waals surface area contributed by atoms with E-state index in [1.54, 1.807) is 24.3 Å². The first-order valence-electron chi connectivity index (χ1n) is 18.7. The summed E-state index contributed by atoms with van der Waals surface area (Å²) in [5.74, 6) is 2.55. The molecule has 4 aliphatic carbocycles. The molecule has 7 heteroatoms. The van der Waals surface area contributed by atoms with Gasteiger partial charge in [-0.2, -0.15) is 0 Å². The van der Waals surface area contributed by atoms with Crippen LogP contribution >= 0.6 is 24.0 Å². The number of fused-ring (bicyclic) bond motifs is 4. The van der Waals surface area contributed by atoms with E-state index in [1.807, 2.05) is 30.1 Å². The van der Waals surface area contributed by atoms with Gasteiger partial charge in [0.2, 0.25) is 0 Å². The standard InChI is InChI=1S/C30H50O.C12H16ClNO3.ClH/c1-20(2)10-9-11-21(3)22-14-18-30(8)24-12-13-25-27(4,5)26(31)16-17-28(25,6)23(24)15-19-29(22,30)7;1-14(2)7-8-16-12(15)9-17-11-5-3-10(13)4-6-11;/h10,21-22,25-26,31H,9,11-19H2,1-8H3;3-6H,7-9H2,1-2H3;1H. The number of benzene rings is 1. The van der Waals surface area contributed by atoms with Crippen molar-refractivity contribution in [3.63, 3.8) is 0 Å². The second-order valence-corrected chi connectivity index (χ2v) is 17.8. The van der Waals surface area contributed by atoms with E-state index in [0.29, 0.717) is 46.1 Å². The molecule has 4 aliphatic rings. The zero-order chi connectivity index (χ0) is 35.5. The third-order valence-corrected chi connectivity index (χ3v) is 13.9. The first-order valence-corrected chi connectivity index (χ1v) is 19.1. The number of carbonyl (C=O) groups is 1. The van der Waals surface area contributed by atoms with Gasteiger partial charge in [-0.1, -0.05) is 75.9 Å². The molecule has 0 radical (unpaired) electrons. The Labute approximate surface area is 310 Å². The molecule has 1 aromatic carbocycles. The fourth-order valence-electron chi connectivity index (χ4n) is 10.5. The fourth-order valence-corrected chi connectivity index (χ4v) is 10.6. The van der Waals surface area contributed by atoms with Crippen LogP contribution in [0.25, 0.3) is 0 Å². The van der Waals surface area contributed by atoms with Gasteiger partial charge in [0.1, 0.15) is 12.4 Å². The summed E-state index contributed by atoms with van der Waals surface area (Å²) in [5, 5.41) is 11.4. The lowest BCUT2D eigenvalue weighted by Gasteiger charge is -2.62. The van der Waals surface area contributed by atoms with Crippen LogP contribution in [0.5, 0.6) is 5.75 Å². The molecule has 7 unspecified atom stereocenters. The largest absolute Gasteiger partial charge is 0.482 e. The van der Waals surface area contributed by atoms with Gasteiger partial charge in [-0.15, -0.1) is 12.4 Å². The van der Waals surface area contributed by atoms with Crippen molar-refractivity contribution in [1.29, 1.82) is 0 Å². The van der Waals surface area contributed by atoms with Crippen LogP contribution < -0.4 is 4.74 Å². The molecule has 0 aromatic heterocycles. The number of allylic oxidation sites excluding steroid dienone is 4. The Hall–Kier alpha value is -1.53. The third-order valence-electron chi connectivity index (χ3n) is 13.6. The summed E-state index contributed by atoms with van der Waals surface area (Å²) >= 11 is 5.72. The molecule has 278 valence electrons. The zero-order valence-corrected chi connectivity index (χ0v) is 33.9. The Morgan fingerprint density at radius 2 is 1.67 bits per heavy atom. The molecule has 2 fully saturated rings. The number of nitrogens with zero attached hydrogens (tertiary/aromatic N) is 1. The molecule has 0 heterocycles. The van der Waals surface area contributed by atoms with Gasteiger partial charge in [0.25, 0.3) is 0 Å². The quantitative estimate of drug-likeness (QED) is 0.193. The average molecular weight is 721 g/mol. The Bertz CT molecular complexity index is 1320. The molecule has 0 saturated heterocycles. The van der Waals surface area contributed by atoms with Crippen molar-refractivity contribution in [2.45, 2.75) is 126 Å². The summed E-state index contributed by atoms with van der Waals surface area (Å²) in [7, 11) is 3.83. The monoisotopic (exact) mass is 719 g/mol. The van der Waals surface area contributed by atoms with E-state index in [9.17, 15) is 9.90 Å². The van der Waals surface area contributed by atoms with E-state index in [2.05, 4.69) is 61.5 Å². The maximum absolute atomic E-state index is 11.3. The molecule has 7 atom stereocenters. The van der Waals surface area contributed by atoms with E-state index in [-0.39, 0.29) is 36.5 Å². The number of aliphatic hydroxyl groups excluding tert-OH is 1. The van der Waals surface area contributed by atoms with E-state index in [4.69, 9.17) is 21.1 Å². The predicted molar refractivity (Wildman–Crippen MR) is 207 cm³/mol. The highest BCUT2D eigenvalue weighted by Crippen LogP contribution is 2.72. The molecular weight excluding hydrogens is 653 g/mol. The first-order chi connectivity index (χ1) is 22.5. The smallest absolute Gasteiger partial charge is 0.344 e. The van der Waals surface area contributed by atoms with Gasteiger partial charge in [-0.25, -0.2) is 4.79 Å². The van der Waals surface area contributed by atoms with E-state index >= 15 is 0 Å². The van der Waals surface area contributed by atoms with Gasteiger partial charge in [0.05, 0.1) is 6.10 Å². The number of rotatable bonds is 10. The lowest BCUT2D eigenvalue weighted by Crippen LogP contribution is -2.55. The number of halogens is 2. The summed E-state index contributed by atoms with van der Waals surface area (Å²) in [6.07, 6.45) is 15.2. The molecule has 5 rings (SSSR count). The maximum Gasteiger partial charge on any atom is 0.344 e. The van der Waals surface area contributed by atoms with Crippen LogP contribution in [0, 0.1) is 39.4 Å². The van der Waals surface area contributed by atoms with Crippen molar-refractivity contribution >= 4 is 30.0 Å². The highest BCUT2D eigenvalue weighted by Gasteiger charge is 2.63. The van der Waals surface area contributed by atoms with Crippen LogP contribution in [0.3, 0.4) is 0 Å². The van der Waals surface area contributed by atoms with Crippen LogP contribution in [0.4, 0.5) is 0 Å². The van der Waals surface area contributed by atoms with Crippen molar-refractivity contribution in [3.8, 4) is 5.75 Å². The molecule has 0 amide bonds. The summed E-state index contributed by atoms with van der Waals surface area (Å²) in [6, 6.07) is 6.81. The van der Waals surface area contributed by atoms with Crippen molar-refractivity contribution in [1.82, 2.24) is 4.90 Å². The molecule has 2 saturated carbocycles. The Morgan fingerprint density at radius 1 is 1.00 bits per heavy atom. The molecule has 0 spiro atoms. The number of esters is 1. The van der Waals surface area contributed by atoms with Crippen molar-refractivity contribution in [3.05, 3.63) is 52.1 Å². The molecular formula is C42H67Cl2NO4. The molecule has 0 aliphatic heterocycles. The third kappa shape index (κ3) is 8.93. The highest BCUT2D eigenvalue weighted by molar-refractivity contribution is 6.30. The minimum atomic E-state index is -0.373. The number of carbonyl (C=O) groups excluding carboxylic acids is 1. The second-order valence-electron chi connectivity index (χ2n) is 17.3. The van der Waals surface area contributed by atoms with Crippen LogP contribution in [0.2, 0.25) is 5.02 Å². The summed E-state index contributed by atoms with van der Waals surface area (Å²) in [5.41, 5.74) is 6.41. The average Bonchev–Trinajstić information content (AvgIpc) is 3.30. The predicted octanol–water partition coefficient (Wildman–Crippen LogP) is 10.7. The molecule has 1 N–H and O–H groups in total. The van der Waals surface area contributed by atoms with Gasteiger partial charge in [0, 0.05) is 11.6 Å². The normalized spacial score (nSPS) is 32.0. The fraction of sp³-hybridized carbons (Fsp3) is 0.738. The van der Waals surface area contributed by atoms with Gasteiger partial charge >= 0.3 is 5.97 Å². The van der Waals surface area contributed by atoms with E-state index < -0.39 is 0 Å². The molecule has 1 aromatic rings. The SMILES string of the molecule is CC(C)=CCCC(C)C1CCC2(C)C3=C(CCC12C)C1(C)CCC(O)C(C)(C)C1CC3.CN(C)CCOC(=O)COc1ccc(Cl)cc1.Cl. The number of likely N-dealkylation sites (N-methyl/N-ethyl adjacent to an activating group) is 1. The van der Waals surface area contributed by atoms with Crippen molar-refractivity contribution in [2.75, 3.05) is 33.9 Å². The number of hydrogen-bond acceptors (Lipinski definition) is 5.